The molecule has 6 heteroatoms. The number of nitrogens with zero attached hydrogens (tertiary/aromatic N) is 1. The van der Waals surface area contributed by atoms with E-state index in [-0.39, 0.29) is 19.1 Å². The molecule has 21 heavy (non-hydrogen) atoms. The smallest absolute Gasteiger partial charge is 0.238 e. The molecule has 1 amide bonds. The van der Waals surface area contributed by atoms with Gasteiger partial charge in [0.15, 0.2) is 0 Å². The number of aliphatic hydroxyl groups excluding tert-OH is 1. The van der Waals surface area contributed by atoms with Crippen LogP contribution in [0.15, 0.2) is 24.8 Å². The lowest BCUT2D eigenvalue weighted by Crippen LogP contribution is -2.35. The normalized spacial score (nSPS) is 10.5. The van der Waals surface area contributed by atoms with Crippen LogP contribution >= 0.6 is 11.6 Å². The van der Waals surface area contributed by atoms with Crippen molar-refractivity contribution in [1.29, 1.82) is 0 Å². The Kier molecular flexibility index (Phi) is 7.22. The number of rotatable bonds is 8. The van der Waals surface area contributed by atoms with E-state index in [2.05, 4.69) is 11.9 Å². The van der Waals surface area contributed by atoms with E-state index < -0.39 is 0 Å². The van der Waals surface area contributed by atoms with Crippen LogP contribution < -0.4 is 10.1 Å². The summed E-state index contributed by atoms with van der Waals surface area (Å²) in [4.78, 5) is 13.9. The van der Waals surface area contributed by atoms with E-state index >= 15 is 0 Å². The number of ether oxygens (including phenoxy) is 1. The lowest BCUT2D eigenvalue weighted by molar-refractivity contribution is -0.117. The lowest BCUT2D eigenvalue weighted by Gasteiger charge is -2.19. The summed E-state index contributed by atoms with van der Waals surface area (Å²) in [5.41, 5.74) is 1.43. The number of benzene rings is 1. The molecule has 0 saturated carbocycles. The molecule has 116 valence electrons. The zero-order valence-electron chi connectivity index (χ0n) is 12.4. The monoisotopic (exact) mass is 312 g/mol. The second-order valence-electron chi connectivity index (χ2n) is 4.60. The third-order valence-corrected chi connectivity index (χ3v) is 3.33. The third kappa shape index (κ3) is 5.38. The van der Waals surface area contributed by atoms with Crippen LogP contribution in [0.2, 0.25) is 5.02 Å². The molecule has 0 aliphatic heterocycles. The van der Waals surface area contributed by atoms with Crippen LogP contribution in [-0.2, 0) is 4.79 Å². The van der Waals surface area contributed by atoms with Gasteiger partial charge in [-0.15, -0.1) is 6.58 Å². The van der Waals surface area contributed by atoms with E-state index in [1.165, 1.54) is 7.11 Å². The first-order valence-corrected chi connectivity index (χ1v) is 6.97. The first kappa shape index (κ1) is 17.5. The molecule has 1 aromatic rings. The molecule has 2 N–H and O–H groups in total. The molecule has 0 atom stereocenters. The number of aryl methyl sites for hydroxylation is 1. The fraction of sp³-hybridized carbons (Fsp3) is 0.400. The Bertz CT molecular complexity index is 506. The van der Waals surface area contributed by atoms with Gasteiger partial charge >= 0.3 is 0 Å². The number of hydrogen-bond acceptors (Lipinski definition) is 4. The van der Waals surface area contributed by atoms with Gasteiger partial charge in [-0.1, -0.05) is 17.7 Å². The summed E-state index contributed by atoms with van der Waals surface area (Å²) >= 11 is 6.03. The van der Waals surface area contributed by atoms with E-state index in [1.807, 2.05) is 6.92 Å². The van der Waals surface area contributed by atoms with Gasteiger partial charge in [-0.2, -0.15) is 0 Å². The van der Waals surface area contributed by atoms with Crippen molar-refractivity contribution in [3.8, 4) is 5.75 Å². The van der Waals surface area contributed by atoms with Crippen LogP contribution in [0.1, 0.15) is 5.56 Å². The van der Waals surface area contributed by atoms with Crippen LogP contribution in [-0.4, -0.2) is 49.3 Å². The number of nitrogens with one attached hydrogen (secondary N) is 1. The van der Waals surface area contributed by atoms with Gasteiger partial charge in [0.05, 0.1) is 25.9 Å². The minimum atomic E-state index is -0.190. The standard InChI is InChI=1S/C15H21ClN2O3/c1-4-5-18(6-7-19)10-15(20)17-13-8-11(2)12(16)9-14(13)21-3/h4,8-9,19H,1,5-7,10H2,2-3H3,(H,17,20). The first-order valence-electron chi connectivity index (χ1n) is 6.60. The molecule has 0 fully saturated rings. The summed E-state index contributed by atoms with van der Waals surface area (Å²) in [6, 6.07) is 3.44. The van der Waals surface area contributed by atoms with Crippen molar-refractivity contribution in [2.75, 3.05) is 38.7 Å². The lowest BCUT2D eigenvalue weighted by atomic mass is 10.2. The Morgan fingerprint density at radius 2 is 2.29 bits per heavy atom. The van der Waals surface area contributed by atoms with Crippen molar-refractivity contribution in [3.05, 3.63) is 35.4 Å². The van der Waals surface area contributed by atoms with Crippen molar-refractivity contribution in [3.63, 3.8) is 0 Å². The SMILES string of the molecule is C=CCN(CCO)CC(=O)Nc1cc(C)c(Cl)cc1OC. The number of aliphatic hydroxyl groups is 1. The number of amides is 1. The maximum Gasteiger partial charge on any atom is 0.238 e. The largest absolute Gasteiger partial charge is 0.495 e. The molecular formula is C15H21ClN2O3. The predicted molar refractivity (Wildman–Crippen MR) is 85.1 cm³/mol. The van der Waals surface area contributed by atoms with Crippen molar-refractivity contribution in [1.82, 2.24) is 4.90 Å². The van der Waals surface area contributed by atoms with E-state index in [0.717, 1.165) is 5.56 Å². The van der Waals surface area contributed by atoms with Gasteiger partial charge in [0.2, 0.25) is 5.91 Å². The van der Waals surface area contributed by atoms with E-state index in [9.17, 15) is 4.79 Å². The summed E-state index contributed by atoms with van der Waals surface area (Å²) in [5.74, 6) is 0.321. The molecule has 0 aliphatic carbocycles. The molecule has 0 spiro atoms. The van der Waals surface area contributed by atoms with Crippen molar-refractivity contribution in [2.24, 2.45) is 0 Å². The molecule has 5 nitrogen and oxygen atoms in total. The van der Waals surface area contributed by atoms with Gasteiger partial charge in [-0.25, -0.2) is 0 Å². The fourth-order valence-electron chi connectivity index (χ4n) is 1.88. The summed E-state index contributed by atoms with van der Waals surface area (Å²) in [5, 5.41) is 12.4. The number of halogens is 1. The molecule has 0 aliphatic rings. The molecular weight excluding hydrogens is 292 g/mol. The summed E-state index contributed by atoms with van der Waals surface area (Å²) in [6.45, 7) is 6.59. The molecule has 1 rings (SSSR count). The highest BCUT2D eigenvalue weighted by atomic mass is 35.5. The highest BCUT2D eigenvalue weighted by Crippen LogP contribution is 2.30. The van der Waals surface area contributed by atoms with Crippen LogP contribution in [0.25, 0.3) is 0 Å². The molecule has 0 saturated heterocycles. The first-order chi connectivity index (χ1) is 10.0. The fourth-order valence-corrected chi connectivity index (χ4v) is 2.04. The van der Waals surface area contributed by atoms with Gasteiger partial charge in [0.1, 0.15) is 5.75 Å². The predicted octanol–water partition coefficient (Wildman–Crippen LogP) is 2.08. The number of methoxy groups -OCH3 is 1. The Hall–Kier alpha value is -1.56. The van der Waals surface area contributed by atoms with E-state index in [4.69, 9.17) is 21.4 Å². The Labute approximate surface area is 130 Å². The Balaban J connectivity index is 2.78. The average molecular weight is 313 g/mol. The average Bonchev–Trinajstić information content (AvgIpc) is 2.43. The van der Waals surface area contributed by atoms with Crippen LogP contribution in [0.3, 0.4) is 0 Å². The summed E-state index contributed by atoms with van der Waals surface area (Å²) in [6.07, 6.45) is 1.69. The number of carbonyl (C=O) groups excluding carboxylic acids is 1. The van der Waals surface area contributed by atoms with Gasteiger partial charge in [0.25, 0.3) is 0 Å². The molecule has 0 bridgehead atoms. The minimum Gasteiger partial charge on any atom is -0.495 e. The Morgan fingerprint density at radius 3 is 2.86 bits per heavy atom. The van der Waals surface area contributed by atoms with Crippen molar-refractivity contribution in [2.45, 2.75) is 6.92 Å². The number of anilines is 1. The highest BCUT2D eigenvalue weighted by molar-refractivity contribution is 6.31. The molecule has 0 heterocycles. The van der Waals surface area contributed by atoms with Gasteiger partial charge in [-0.05, 0) is 18.6 Å². The number of carbonyl (C=O) groups is 1. The van der Waals surface area contributed by atoms with Crippen LogP contribution in [0.5, 0.6) is 5.75 Å². The third-order valence-electron chi connectivity index (χ3n) is 2.93. The topological polar surface area (TPSA) is 61.8 Å². The zero-order valence-corrected chi connectivity index (χ0v) is 13.1. The molecule has 0 unspecified atom stereocenters. The molecule has 1 aromatic carbocycles. The van der Waals surface area contributed by atoms with Crippen molar-refractivity contribution >= 4 is 23.2 Å². The maximum atomic E-state index is 12.1. The Morgan fingerprint density at radius 1 is 1.57 bits per heavy atom. The second-order valence-corrected chi connectivity index (χ2v) is 5.00. The summed E-state index contributed by atoms with van der Waals surface area (Å²) in [7, 11) is 1.52. The van der Waals surface area contributed by atoms with Crippen LogP contribution in [0.4, 0.5) is 5.69 Å². The minimum absolute atomic E-state index is 0.00943. The van der Waals surface area contributed by atoms with Gasteiger partial charge < -0.3 is 15.2 Å². The van der Waals surface area contributed by atoms with Crippen LogP contribution in [0, 0.1) is 6.92 Å². The maximum absolute atomic E-state index is 12.1. The highest BCUT2D eigenvalue weighted by Gasteiger charge is 2.13. The van der Waals surface area contributed by atoms with Gasteiger partial charge in [0, 0.05) is 24.2 Å². The molecule has 0 radical (unpaired) electrons. The summed E-state index contributed by atoms with van der Waals surface area (Å²) < 4.78 is 5.21. The molecule has 0 aromatic heterocycles. The van der Waals surface area contributed by atoms with Gasteiger partial charge in [-0.3, -0.25) is 9.69 Å². The quantitative estimate of drug-likeness (QED) is 0.721. The van der Waals surface area contributed by atoms with E-state index in [1.54, 1.807) is 23.1 Å². The zero-order chi connectivity index (χ0) is 15.8. The van der Waals surface area contributed by atoms with Crippen molar-refractivity contribution < 1.29 is 14.6 Å². The number of hydrogen-bond donors (Lipinski definition) is 2. The van der Waals surface area contributed by atoms with E-state index in [0.29, 0.717) is 29.5 Å². The second kappa shape index (κ2) is 8.67.